The molecule has 2 rings (SSSR count). The van der Waals surface area contributed by atoms with Crippen LogP contribution in [0.2, 0.25) is 0 Å². The van der Waals surface area contributed by atoms with Gasteiger partial charge in [-0.2, -0.15) is 0 Å². The fourth-order valence-corrected chi connectivity index (χ4v) is 2.61. The third-order valence-electron chi connectivity index (χ3n) is 3.72. The van der Waals surface area contributed by atoms with Crippen molar-refractivity contribution in [3.63, 3.8) is 0 Å². The van der Waals surface area contributed by atoms with Crippen molar-refractivity contribution in [3.05, 3.63) is 24.3 Å². The zero-order valence-corrected chi connectivity index (χ0v) is 11.9. The summed E-state index contributed by atoms with van der Waals surface area (Å²) in [5.74, 6) is 0.667. The lowest BCUT2D eigenvalue weighted by molar-refractivity contribution is -0.117. The topological polar surface area (TPSA) is 64.3 Å². The van der Waals surface area contributed by atoms with Crippen molar-refractivity contribution in [1.82, 2.24) is 0 Å². The summed E-state index contributed by atoms with van der Waals surface area (Å²) in [5, 5.41) is 2.82. The molecule has 1 aromatic rings. The summed E-state index contributed by atoms with van der Waals surface area (Å²) in [4.78, 5) is 11.7. The van der Waals surface area contributed by atoms with Crippen LogP contribution in [-0.4, -0.2) is 19.1 Å². The van der Waals surface area contributed by atoms with Crippen LogP contribution in [0.1, 0.15) is 38.5 Å². The third kappa shape index (κ3) is 5.21. The monoisotopic (exact) mass is 276 g/mol. The van der Waals surface area contributed by atoms with Crippen molar-refractivity contribution in [2.45, 2.75) is 38.5 Å². The summed E-state index contributed by atoms with van der Waals surface area (Å²) in [5.41, 5.74) is 7.05. The van der Waals surface area contributed by atoms with E-state index in [0.29, 0.717) is 24.6 Å². The Morgan fingerprint density at radius 1 is 1.30 bits per heavy atom. The van der Waals surface area contributed by atoms with Gasteiger partial charge in [-0.25, -0.2) is 0 Å². The summed E-state index contributed by atoms with van der Waals surface area (Å²) in [6.07, 6.45) is 6.94. The van der Waals surface area contributed by atoms with Crippen molar-refractivity contribution < 1.29 is 9.53 Å². The molecular weight excluding hydrogens is 252 g/mol. The van der Waals surface area contributed by atoms with Crippen molar-refractivity contribution >= 4 is 17.3 Å². The summed E-state index contributed by atoms with van der Waals surface area (Å²) in [6.45, 7) is 1.29. The minimum Gasteiger partial charge on any atom is -0.399 e. The molecule has 1 aliphatic carbocycles. The van der Waals surface area contributed by atoms with E-state index in [0.717, 1.165) is 12.3 Å². The van der Waals surface area contributed by atoms with Gasteiger partial charge in [0, 0.05) is 18.0 Å². The van der Waals surface area contributed by atoms with E-state index in [1.165, 1.54) is 32.1 Å². The molecule has 20 heavy (non-hydrogen) atoms. The average Bonchev–Trinajstić information content (AvgIpc) is 2.45. The van der Waals surface area contributed by atoms with Crippen molar-refractivity contribution in [2.75, 3.05) is 24.3 Å². The number of benzene rings is 1. The van der Waals surface area contributed by atoms with Crippen LogP contribution in [0.15, 0.2) is 24.3 Å². The highest BCUT2D eigenvalue weighted by atomic mass is 16.5. The normalized spacial score (nSPS) is 16.0. The second-order valence-corrected chi connectivity index (χ2v) is 5.50. The van der Waals surface area contributed by atoms with E-state index in [1.54, 1.807) is 12.1 Å². The van der Waals surface area contributed by atoms with Crippen molar-refractivity contribution in [2.24, 2.45) is 5.92 Å². The number of nitrogen functional groups attached to an aromatic ring is 1. The molecule has 0 aromatic heterocycles. The van der Waals surface area contributed by atoms with Crippen molar-refractivity contribution in [1.29, 1.82) is 0 Å². The predicted octanol–water partition coefficient (Wildman–Crippen LogP) is 3.19. The number of carbonyl (C=O) groups excluding carboxylic acids is 1. The van der Waals surface area contributed by atoms with E-state index >= 15 is 0 Å². The van der Waals surface area contributed by atoms with Gasteiger partial charge in [-0.1, -0.05) is 25.3 Å². The summed E-state index contributed by atoms with van der Waals surface area (Å²) < 4.78 is 5.62. The molecule has 110 valence electrons. The second-order valence-electron chi connectivity index (χ2n) is 5.50. The smallest absolute Gasteiger partial charge is 0.226 e. The molecule has 1 aromatic carbocycles. The lowest BCUT2D eigenvalue weighted by Gasteiger charge is -2.21. The molecule has 0 aliphatic heterocycles. The highest BCUT2D eigenvalue weighted by molar-refractivity contribution is 5.91. The number of rotatable bonds is 6. The standard InChI is InChI=1S/C16H24N2O2/c17-14-7-4-8-15(11-14)18-16(19)9-10-20-12-13-5-2-1-3-6-13/h4,7-8,11,13H,1-3,5-6,9-10,12,17H2,(H,18,19). The zero-order chi connectivity index (χ0) is 14.2. The van der Waals surface area contributed by atoms with Crippen LogP contribution in [0.5, 0.6) is 0 Å². The van der Waals surface area contributed by atoms with Gasteiger partial charge in [0.2, 0.25) is 5.91 Å². The molecule has 0 spiro atoms. The number of hydrogen-bond acceptors (Lipinski definition) is 3. The van der Waals surface area contributed by atoms with Gasteiger partial charge in [-0.3, -0.25) is 4.79 Å². The van der Waals surface area contributed by atoms with E-state index in [2.05, 4.69) is 5.32 Å². The van der Waals surface area contributed by atoms with E-state index in [9.17, 15) is 4.79 Å². The maximum absolute atomic E-state index is 11.7. The van der Waals surface area contributed by atoms with Gasteiger partial charge in [-0.15, -0.1) is 0 Å². The van der Waals surface area contributed by atoms with Crippen LogP contribution in [0, 0.1) is 5.92 Å². The molecule has 1 saturated carbocycles. The number of nitrogens with one attached hydrogen (secondary N) is 1. The van der Waals surface area contributed by atoms with Crippen LogP contribution in [0.25, 0.3) is 0 Å². The number of hydrogen-bond donors (Lipinski definition) is 2. The first-order chi connectivity index (χ1) is 9.74. The van der Waals surface area contributed by atoms with Gasteiger partial charge in [0.15, 0.2) is 0 Å². The Balaban J connectivity index is 1.60. The highest BCUT2D eigenvalue weighted by Gasteiger charge is 2.13. The van der Waals surface area contributed by atoms with E-state index in [4.69, 9.17) is 10.5 Å². The quantitative estimate of drug-likeness (QED) is 0.619. The Labute approximate surface area is 120 Å². The average molecular weight is 276 g/mol. The SMILES string of the molecule is Nc1cccc(NC(=O)CCOCC2CCCCC2)c1. The van der Waals surface area contributed by atoms with Crippen molar-refractivity contribution in [3.8, 4) is 0 Å². The first kappa shape index (κ1) is 14.9. The van der Waals surface area contributed by atoms with Crippen LogP contribution in [-0.2, 0) is 9.53 Å². The number of amides is 1. The number of ether oxygens (including phenoxy) is 1. The number of carbonyl (C=O) groups is 1. The molecule has 1 fully saturated rings. The van der Waals surface area contributed by atoms with Crippen LogP contribution < -0.4 is 11.1 Å². The molecule has 0 bridgehead atoms. The molecule has 1 amide bonds. The molecule has 0 radical (unpaired) electrons. The van der Waals surface area contributed by atoms with Gasteiger partial charge in [-0.05, 0) is 37.0 Å². The number of nitrogens with two attached hydrogens (primary N) is 1. The largest absolute Gasteiger partial charge is 0.399 e. The van der Waals surface area contributed by atoms with Crippen LogP contribution in [0.3, 0.4) is 0 Å². The molecular formula is C16H24N2O2. The number of anilines is 2. The lowest BCUT2D eigenvalue weighted by Crippen LogP contribution is -2.17. The first-order valence-electron chi connectivity index (χ1n) is 7.47. The Morgan fingerprint density at radius 3 is 2.85 bits per heavy atom. The van der Waals surface area contributed by atoms with E-state index in [-0.39, 0.29) is 5.91 Å². The molecule has 4 heteroatoms. The third-order valence-corrected chi connectivity index (χ3v) is 3.72. The van der Waals surface area contributed by atoms with Gasteiger partial charge >= 0.3 is 0 Å². The fourth-order valence-electron chi connectivity index (χ4n) is 2.61. The van der Waals surface area contributed by atoms with Gasteiger partial charge in [0.05, 0.1) is 13.0 Å². The lowest BCUT2D eigenvalue weighted by atomic mass is 9.90. The molecule has 0 saturated heterocycles. The predicted molar refractivity (Wildman–Crippen MR) is 81.5 cm³/mol. The molecule has 0 heterocycles. The Kier molecular flexibility index (Phi) is 5.87. The Bertz CT molecular complexity index is 428. The fraction of sp³-hybridized carbons (Fsp3) is 0.562. The molecule has 3 N–H and O–H groups in total. The molecule has 0 atom stereocenters. The minimum atomic E-state index is -0.0285. The van der Waals surface area contributed by atoms with Gasteiger partial charge in [0.25, 0.3) is 0 Å². The van der Waals surface area contributed by atoms with Gasteiger partial charge in [0.1, 0.15) is 0 Å². The summed E-state index contributed by atoms with van der Waals surface area (Å²) >= 11 is 0. The second kappa shape index (κ2) is 7.90. The van der Waals surface area contributed by atoms with Gasteiger partial charge < -0.3 is 15.8 Å². The summed E-state index contributed by atoms with van der Waals surface area (Å²) in [6, 6.07) is 7.20. The maximum atomic E-state index is 11.7. The van der Waals surface area contributed by atoms with Crippen LogP contribution in [0.4, 0.5) is 11.4 Å². The minimum absolute atomic E-state index is 0.0285. The van der Waals surface area contributed by atoms with E-state index < -0.39 is 0 Å². The molecule has 1 aliphatic rings. The summed E-state index contributed by atoms with van der Waals surface area (Å²) in [7, 11) is 0. The molecule has 0 unspecified atom stereocenters. The molecule has 4 nitrogen and oxygen atoms in total. The Hall–Kier alpha value is -1.55. The van der Waals surface area contributed by atoms with Crippen LogP contribution >= 0.6 is 0 Å². The van der Waals surface area contributed by atoms with E-state index in [1.807, 2.05) is 12.1 Å². The Morgan fingerprint density at radius 2 is 2.10 bits per heavy atom. The maximum Gasteiger partial charge on any atom is 0.226 e. The zero-order valence-electron chi connectivity index (χ0n) is 11.9. The highest BCUT2D eigenvalue weighted by Crippen LogP contribution is 2.23. The first-order valence-corrected chi connectivity index (χ1v) is 7.47.